The number of allylic oxidation sites excluding steroid dienone is 2. The minimum Gasteiger partial charge on any atom is -0.481 e. The van der Waals surface area contributed by atoms with Gasteiger partial charge in [-0.05, 0) is 60.3 Å². The molecular weight excluding hydrogens is 358 g/mol. The summed E-state index contributed by atoms with van der Waals surface area (Å²) in [5.41, 5.74) is 0.967. The Labute approximate surface area is 164 Å². The predicted octanol–water partition coefficient (Wildman–Crippen LogP) is 3.21. The summed E-state index contributed by atoms with van der Waals surface area (Å²) < 4.78 is 5.20. The number of carboxylic acid groups (broad SMARTS) is 1. The first kappa shape index (κ1) is 18.7. The van der Waals surface area contributed by atoms with Gasteiger partial charge in [-0.15, -0.1) is 0 Å². The highest BCUT2D eigenvalue weighted by molar-refractivity contribution is 5.97. The van der Waals surface area contributed by atoms with Crippen LogP contribution in [0.3, 0.4) is 0 Å². The molecule has 1 aromatic rings. The largest absolute Gasteiger partial charge is 0.481 e. The Balaban J connectivity index is 1.44. The van der Waals surface area contributed by atoms with Crippen LogP contribution in [0.4, 0.5) is 5.69 Å². The van der Waals surface area contributed by atoms with Crippen molar-refractivity contribution in [2.75, 3.05) is 11.9 Å². The highest BCUT2D eigenvalue weighted by atomic mass is 16.5. The Kier molecular flexibility index (Phi) is 4.73. The van der Waals surface area contributed by atoms with Gasteiger partial charge < -0.3 is 15.2 Å². The fourth-order valence-corrected chi connectivity index (χ4v) is 4.81. The second-order valence-electron chi connectivity index (χ2n) is 8.55. The zero-order valence-electron chi connectivity index (χ0n) is 16.0. The molecule has 1 amide bonds. The number of fused-ring (bicyclic) bond motifs is 1. The molecule has 0 heterocycles. The Morgan fingerprint density at radius 2 is 1.68 bits per heavy atom. The number of ether oxygens (including phenoxy) is 1. The van der Waals surface area contributed by atoms with E-state index in [2.05, 4.69) is 5.32 Å². The van der Waals surface area contributed by atoms with Gasteiger partial charge in [-0.3, -0.25) is 9.59 Å². The molecule has 4 aliphatic carbocycles. The fraction of sp³-hybridized carbons (Fsp3) is 0.500. The summed E-state index contributed by atoms with van der Waals surface area (Å²) in [6, 6.07) is 6.51. The van der Waals surface area contributed by atoms with Gasteiger partial charge in [-0.25, -0.2) is 4.79 Å². The molecule has 6 nitrogen and oxygen atoms in total. The smallest absolute Gasteiger partial charge is 0.338 e. The Morgan fingerprint density at radius 1 is 1.07 bits per heavy atom. The highest BCUT2D eigenvalue weighted by Crippen LogP contribution is 2.63. The van der Waals surface area contributed by atoms with Crippen molar-refractivity contribution in [3.63, 3.8) is 0 Å². The van der Waals surface area contributed by atoms with E-state index in [1.54, 1.807) is 24.3 Å². The highest BCUT2D eigenvalue weighted by Gasteiger charge is 2.62. The van der Waals surface area contributed by atoms with E-state index >= 15 is 0 Å². The molecule has 0 aliphatic heterocycles. The number of amides is 1. The normalized spacial score (nSPS) is 32.0. The number of esters is 1. The van der Waals surface area contributed by atoms with Crippen LogP contribution in [-0.2, 0) is 14.3 Å². The number of hydrogen-bond acceptors (Lipinski definition) is 4. The number of hydrogen-bond donors (Lipinski definition) is 2. The molecule has 28 heavy (non-hydrogen) atoms. The molecule has 0 radical (unpaired) electrons. The zero-order chi connectivity index (χ0) is 20.0. The number of benzene rings is 1. The lowest BCUT2D eigenvalue weighted by atomic mass is 9.62. The first-order valence-corrected chi connectivity index (χ1v) is 9.86. The molecule has 5 rings (SSSR count). The minimum atomic E-state index is -0.895. The topological polar surface area (TPSA) is 92.7 Å². The molecule has 6 heteroatoms. The molecule has 2 bridgehead atoms. The molecule has 0 saturated heterocycles. The lowest BCUT2D eigenvalue weighted by molar-refractivity contribution is -0.152. The summed E-state index contributed by atoms with van der Waals surface area (Å²) in [6.07, 6.45) is 5.05. The molecule has 0 unspecified atom stereocenters. The van der Waals surface area contributed by atoms with Crippen molar-refractivity contribution in [1.82, 2.24) is 0 Å². The van der Waals surface area contributed by atoms with Crippen molar-refractivity contribution >= 4 is 23.5 Å². The second-order valence-corrected chi connectivity index (χ2v) is 8.55. The van der Waals surface area contributed by atoms with Crippen LogP contribution in [-0.4, -0.2) is 29.6 Å². The van der Waals surface area contributed by atoms with Crippen LogP contribution in [0, 0.1) is 41.4 Å². The van der Waals surface area contributed by atoms with Crippen LogP contribution >= 0.6 is 0 Å². The number of rotatable bonds is 6. The van der Waals surface area contributed by atoms with Crippen LogP contribution in [0.5, 0.6) is 0 Å². The van der Waals surface area contributed by atoms with Crippen LogP contribution in [0.1, 0.15) is 30.6 Å². The summed E-state index contributed by atoms with van der Waals surface area (Å²) in [5, 5.41) is 12.6. The van der Waals surface area contributed by atoms with E-state index < -0.39 is 23.8 Å². The lowest BCUT2D eigenvalue weighted by Crippen LogP contribution is -2.48. The van der Waals surface area contributed by atoms with Crippen LogP contribution in [0.2, 0.25) is 0 Å². The summed E-state index contributed by atoms with van der Waals surface area (Å²) in [5.74, 6) is -1.67. The van der Waals surface area contributed by atoms with E-state index in [1.807, 2.05) is 26.0 Å². The third-order valence-electron chi connectivity index (χ3n) is 6.18. The predicted molar refractivity (Wildman–Crippen MR) is 103 cm³/mol. The Hall–Kier alpha value is -2.63. The van der Waals surface area contributed by atoms with E-state index in [-0.39, 0.29) is 23.7 Å². The number of carbonyl (C=O) groups is 3. The first-order valence-electron chi connectivity index (χ1n) is 9.86. The van der Waals surface area contributed by atoms with E-state index in [9.17, 15) is 19.5 Å². The van der Waals surface area contributed by atoms with E-state index in [1.165, 1.54) is 0 Å². The number of nitrogens with one attached hydrogen (secondary N) is 1. The number of aliphatic carboxylic acids is 1. The van der Waals surface area contributed by atoms with E-state index in [0.29, 0.717) is 29.7 Å². The van der Waals surface area contributed by atoms with Gasteiger partial charge in [0.25, 0.3) is 0 Å². The van der Waals surface area contributed by atoms with Gasteiger partial charge in [0.15, 0.2) is 0 Å². The third-order valence-corrected chi connectivity index (χ3v) is 6.18. The SMILES string of the molecule is CC(C)COC(=O)c1ccc(NC(=O)[C@@H]2[C@H]3C=C[C@@H]([C@@H]4C[C@@H]34)[C@H]2C(=O)O)cc1. The molecule has 0 spiro atoms. The van der Waals surface area contributed by atoms with E-state index in [0.717, 1.165) is 6.42 Å². The summed E-state index contributed by atoms with van der Waals surface area (Å²) in [7, 11) is 0. The van der Waals surface area contributed by atoms with E-state index in [4.69, 9.17) is 4.74 Å². The third kappa shape index (κ3) is 3.32. The second kappa shape index (κ2) is 7.08. The van der Waals surface area contributed by atoms with Gasteiger partial charge in [0, 0.05) is 5.69 Å². The van der Waals surface area contributed by atoms with Gasteiger partial charge in [-0.1, -0.05) is 26.0 Å². The summed E-state index contributed by atoms with van der Waals surface area (Å²) in [4.78, 5) is 36.8. The maximum atomic E-state index is 12.9. The Morgan fingerprint density at radius 3 is 2.25 bits per heavy atom. The lowest BCUT2D eigenvalue weighted by Gasteiger charge is -2.41. The molecule has 2 fully saturated rings. The van der Waals surface area contributed by atoms with Crippen LogP contribution < -0.4 is 5.32 Å². The Bertz CT molecular complexity index is 828. The molecule has 6 atom stereocenters. The maximum absolute atomic E-state index is 12.9. The number of anilines is 1. The van der Waals surface area contributed by atoms with Crippen molar-refractivity contribution in [2.24, 2.45) is 41.4 Å². The standard InChI is InChI=1S/C22H25NO5/c1-11(2)10-28-22(27)12-3-5-13(6-4-12)23-20(24)18-14-7-8-15(17-9-16(14)17)19(18)21(25)26/h3-8,11,14-19H,9-10H2,1-2H3,(H,23,24)(H,25,26)/t14-,15-,16-,17-,18+,19+/m0/s1. The fourth-order valence-electron chi connectivity index (χ4n) is 4.81. The number of carboxylic acids is 1. The molecule has 0 aromatic heterocycles. The quantitative estimate of drug-likeness (QED) is 0.581. The molecular formula is C22H25NO5. The maximum Gasteiger partial charge on any atom is 0.338 e. The van der Waals surface area contributed by atoms with Gasteiger partial charge >= 0.3 is 11.9 Å². The van der Waals surface area contributed by atoms with Crippen molar-refractivity contribution in [3.05, 3.63) is 42.0 Å². The molecule has 148 valence electrons. The minimum absolute atomic E-state index is 0.00128. The van der Waals surface area contributed by atoms with Crippen molar-refractivity contribution in [2.45, 2.75) is 20.3 Å². The average molecular weight is 383 g/mol. The van der Waals surface area contributed by atoms with Crippen LogP contribution in [0.25, 0.3) is 0 Å². The van der Waals surface area contributed by atoms with Crippen molar-refractivity contribution in [3.8, 4) is 0 Å². The molecule has 2 N–H and O–H groups in total. The molecule has 1 aromatic carbocycles. The van der Waals surface area contributed by atoms with Gasteiger partial charge in [0.2, 0.25) is 5.91 Å². The van der Waals surface area contributed by atoms with Gasteiger partial charge in [0.1, 0.15) is 0 Å². The first-order chi connectivity index (χ1) is 13.4. The summed E-state index contributed by atoms with van der Waals surface area (Å²) in [6.45, 7) is 4.29. The average Bonchev–Trinajstić information content (AvgIpc) is 3.48. The van der Waals surface area contributed by atoms with Gasteiger partial charge in [0.05, 0.1) is 24.0 Å². The monoisotopic (exact) mass is 383 g/mol. The summed E-state index contributed by atoms with van der Waals surface area (Å²) >= 11 is 0. The van der Waals surface area contributed by atoms with Gasteiger partial charge in [-0.2, -0.15) is 0 Å². The van der Waals surface area contributed by atoms with Crippen molar-refractivity contribution in [1.29, 1.82) is 0 Å². The zero-order valence-corrected chi connectivity index (χ0v) is 16.0. The number of carbonyl (C=O) groups excluding carboxylic acids is 2. The molecule has 2 saturated carbocycles. The molecule has 4 aliphatic rings. The van der Waals surface area contributed by atoms with Crippen molar-refractivity contribution < 1.29 is 24.2 Å². The van der Waals surface area contributed by atoms with Crippen LogP contribution in [0.15, 0.2) is 36.4 Å².